The van der Waals surface area contributed by atoms with Crippen molar-refractivity contribution in [2.75, 3.05) is 20.8 Å². The normalized spacial score (nSPS) is 11.2. The Morgan fingerprint density at radius 1 is 0.865 bits per heavy atom. The van der Waals surface area contributed by atoms with Crippen molar-refractivity contribution in [2.24, 2.45) is 0 Å². The van der Waals surface area contributed by atoms with Crippen molar-refractivity contribution < 1.29 is 33.4 Å². The van der Waals surface area contributed by atoms with Crippen molar-refractivity contribution in [3.63, 3.8) is 0 Å². The molecule has 0 fully saturated rings. The summed E-state index contributed by atoms with van der Waals surface area (Å²) in [6.07, 6.45) is 0.189. The zero-order valence-corrected chi connectivity index (χ0v) is 20.4. The fourth-order valence-corrected chi connectivity index (χ4v) is 4.10. The van der Waals surface area contributed by atoms with Gasteiger partial charge in [0.15, 0.2) is 5.58 Å². The fourth-order valence-electron chi connectivity index (χ4n) is 4.10. The molecule has 3 aromatic heterocycles. The van der Waals surface area contributed by atoms with Crippen LogP contribution in [0.25, 0.3) is 33.6 Å². The van der Waals surface area contributed by atoms with Gasteiger partial charge >= 0.3 is 0 Å². The van der Waals surface area contributed by atoms with Gasteiger partial charge in [0, 0.05) is 12.0 Å². The molecule has 0 aliphatic heterocycles. The maximum atomic E-state index is 11.5. The average Bonchev–Trinajstić information content (AvgIpc) is 3.54. The highest BCUT2D eigenvalue weighted by Gasteiger charge is 2.29. The number of rotatable bonds is 9. The van der Waals surface area contributed by atoms with Gasteiger partial charge in [-0.15, -0.1) is 10.2 Å². The average molecular weight is 504 g/mol. The summed E-state index contributed by atoms with van der Waals surface area (Å²) in [5.74, 6) is 0.106. The molecular weight excluding hydrogens is 480 g/mol. The van der Waals surface area contributed by atoms with Gasteiger partial charge in [-0.2, -0.15) is 0 Å². The van der Waals surface area contributed by atoms with Crippen LogP contribution in [-0.2, 0) is 17.8 Å². The van der Waals surface area contributed by atoms with Gasteiger partial charge in [0.25, 0.3) is 5.89 Å². The minimum atomic E-state index is -0.494. The summed E-state index contributed by atoms with van der Waals surface area (Å²) in [5, 5.41) is 35.3. The van der Waals surface area contributed by atoms with E-state index in [1.807, 2.05) is 31.2 Å². The van der Waals surface area contributed by atoms with Crippen LogP contribution >= 0.6 is 0 Å². The number of ether oxygens (including phenoxy) is 3. The van der Waals surface area contributed by atoms with Gasteiger partial charge in [-0.1, -0.05) is 23.4 Å². The lowest BCUT2D eigenvalue weighted by atomic mass is 9.98. The Labute approximate surface area is 211 Å². The number of benzene rings is 2. The summed E-state index contributed by atoms with van der Waals surface area (Å²) in [6, 6.07) is 12.6. The van der Waals surface area contributed by atoms with E-state index in [0.29, 0.717) is 34.9 Å². The summed E-state index contributed by atoms with van der Waals surface area (Å²) in [4.78, 5) is 4.31. The number of aromatic nitrogens is 4. The van der Waals surface area contributed by atoms with Crippen LogP contribution in [0.4, 0.5) is 0 Å². The molecule has 0 saturated carbocycles. The van der Waals surface area contributed by atoms with E-state index >= 15 is 0 Å². The minimum Gasteiger partial charge on any atom is -0.506 e. The third-order valence-electron chi connectivity index (χ3n) is 5.80. The van der Waals surface area contributed by atoms with Gasteiger partial charge < -0.3 is 33.4 Å². The number of hydrogen-bond acceptors (Lipinski definition) is 11. The molecule has 11 nitrogen and oxygen atoms in total. The summed E-state index contributed by atoms with van der Waals surface area (Å²) >= 11 is 0. The van der Waals surface area contributed by atoms with Gasteiger partial charge in [0.1, 0.15) is 28.5 Å². The zero-order valence-electron chi connectivity index (χ0n) is 20.4. The molecule has 5 aromatic rings. The SMILES string of the molecule is CCOCc1nc(O)c(-c2nnc(Cc3noc4ccccc34)o2)c(O)c1-c1c(OC)cccc1OC. The first kappa shape index (κ1) is 24.1. The van der Waals surface area contributed by atoms with Crippen LogP contribution in [0, 0.1) is 0 Å². The Balaban J connectivity index is 1.62. The maximum absolute atomic E-state index is 11.5. The smallest absolute Gasteiger partial charge is 0.257 e. The number of fused-ring (bicyclic) bond motifs is 1. The van der Waals surface area contributed by atoms with Gasteiger partial charge in [-0.3, -0.25) is 0 Å². The van der Waals surface area contributed by atoms with E-state index in [9.17, 15) is 10.2 Å². The summed E-state index contributed by atoms with van der Waals surface area (Å²) in [5.41, 5.74) is 2.07. The Morgan fingerprint density at radius 2 is 1.62 bits per heavy atom. The van der Waals surface area contributed by atoms with E-state index in [1.54, 1.807) is 18.2 Å². The van der Waals surface area contributed by atoms with Crippen LogP contribution in [0.2, 0.25) is 0 Å². The van der Waals surface area contributed by atoms with Crippen LogP contribution < -0.4 is 9.47 Å². The summed E-state index contributed by atoms with van der Waals surface area (Å²) < 4.78 is 27.8. The van der Waals surface area contributed by atoms with E-state index < -0.39 is 5.88 Å². The largest absolute Gasteiger partial charge is 0.506 e. The molecule has 0 radical (unpaired) electrons. The van der Waals surface area contributed by atoms with E-state index in [0.717, 1.165) is 5.39 Å². The Morgan fingerprint density at radius 3 is 2.35 bits per heavy atom. The van der Waals surface area contributed by atoms with E-state index in [4.69, 9.17) is 23.2 Å². The predicted octanol–water partition coefficient (Wildman–Crippen LogP) is 4.50. The molecule has 0 amide bonds. The van der Waals surface area contributed by atoms with Gasteiger partial charge in [0.2, 0.25) is 11.8 Å². The number of nitrogens with zero attached hydrogens (tertiary/aromatic N) is 4. The number of hydrogen-bond donors (Lipinski definition) is 2. The summed E-state index contributed by atoms with van der Waals surface area (Å²) in [6.45, 7) is 2.25. The highest BCUT2D eigenvalue weighted by Crippen LogP contribution is 2.49. The van der Waals surface area contributed by atoms with Crippen molar-refractivity contribution in [1.82, 2.24) is 20.3 Å². The van der Waals surface area contributed by atoms with E-state index in [2.05, 4.69) is 20.3 Å². The first-order valence-electron chi connectivity index (χ1n) is 11.5. The van der Waals surface area contributed by atoms with Crippen molar-refractivity contribution in [3.8, 4) is 45.7 Å². The predicted molar refractivity (Wildman–Crippen MR) is 132 cm³/mol. The second kappa shape index (κ2) is 10.2. The van der Waals surface area contributed by atoms with Crippen molar-refractivity contribution in [3.05, 3.63) is 59.7 Å². The molecule has 0 spiro atoms. The molecule has 0 unspecified atom stereocenters. The molecule has 0 bridgehead atoms. The standard InChI is InChI=1S/C26H24N4O7/c1-4-35-13-16-21(22-18(33-2)10-7-11-19(22)34-3)24(31)23(25(32)27-16)26-29-28-20(36-26)12-15-14-8-5-6-9-17(14)37-30-15/h5-11H,4,12-13H2,1-3H3,(H2,27,31,32). The van der Waals surface area contributed by atoms with Gasteiger partial charge in [-0.25, -0.2) is 4.98 Å². The topological polar surface area (TPSA) is 146 Å². The Kier molecular flexibility index (Phi) is 6.60. The number of methoxy groups -OCH3 is 2. The molecule has 0 aliphatic carbocycles. The number of aromatic hydroxyl groups is 2. The molecule has 190 valence electrons. The lowest BCUT2D eigenvalue weighted by Gasteiger charge is -2.18. The lowest BCUT2D eigenvalue weighted by molar-refractivity contribution is 0.131. The molecule has 11 heteroatoms. The van der Waals surface area contributed by atoms with E-state index in [1.165, 1.54) is 14.2 Å². The van der Waals surface area contributed by atoms with Gasteiger partial charge in [0.05, 0.1) is 44.1 Å². The number of pyridine rings is 1. The van der Waals surface area contributed by atoms with Crippen LogP contribution in [0.3, 0.4) is 0 Å². The molecule has 0 atom stereocenters. The van der Waals surface area contributed by atoms with Crippen LogP contribution in [0.15, 0.2) is 51.4 Å². The summed E-state index contributed by atoms with van der Waals surface area (Å²) in [7, 11) is 3.01. The Bertz CT molecular complexity index is 1540. The lowest BCUT2D eigenvalue weighted by Crippen LogP contribution is -2.03. The van der Waals surface area contributed by atoms with E-state index in [-0.39, 0.29) is 47.4 Å². The maximum Gasteiger partial charge on any atom is 0.257 e. The second-order valence-corrected chi connectivity index (χ2v) is 7.96. The molecule has 3 heterocycles. The van der Waals surface area contributed by atoms with Crippen molar-refractivity contribution >= 4 is 11.0 Å². The monoisotopic (exact) mass is 504 g/mol. The van der Waals surface area contributed by atoms with Crippen LogP contribution in [0.5, 0.6) is 23.1 Å². The highest BCUT2D eigenvalue weighted by molar-refractivity contribution is 5.88. The molecule has 5 rings (SSSR count). The highest BCUT2D eigenvalue weighted by atomic mass is 16.5. The molecule has 2 N–H and O–H groups in total. The molecule has 0 saturated heterocycles. The van der Waals surface area contributed by atoms with Crippen LogP contribution in [-0.4, -0.2) is 51.4 Å². The van der Waals surface area contributed by atoms with Crippen LogP contribution in [0.1, 0.15) is 24.2 Å². The zero-order chi connectivity index (χ0) is 25.9. The molecule has 2 aromatic carbocycles. The second-order valence-electron chi connectivity index (χ2n) is 7.96. The number of para-hydroxylation sites is 1. The van der Waals surface area contributed by atoms with Crippen molar-refractivity contribution in [2.45, 2.75) is 20.0 Å². The molecule has 0 aliphatic rings. The fraction of sp³-hybridized carbons (Fsp3) is 0.231. The first-order chi connectivity index (χ1) is 18.0. The molecular formula is C26H24N4O7. The molecule has 37 heavy (non-hydrogen) atoms. The first-order valence-corrected chi connectivity index (χ1v) is 11.5. The minimum absolute atomic E-state index is 0.0166. The third kappa shape index (κ3) is 4.40. The third-order valence-corrected chi connectivity index (χ3v) is 5.80. The van der Waals surface area contributed by atoms with Gasteiger partial charge in [-0.05, 0) is 31.2 Å². The Hall–Kier alpha value is -4.64. The van der Waals surface area contributed by atoms with Crippen molar-refractivity contribution in [1.29, 1.82) is 0 Å². The quantitative estimate of drug-likeness (QED) is 0.292.